The second kappa shape index (κ2) is 9.91. The molecule has 1 saturated carbocycles. The number of fused-ring (bicyclic) bond motifs is 1. The number of rotatable bonds is 6. The summed E-state index contributed by atoms with van der Waals surface area (Å²) in [6, 6.07) is 12.5. The lowest BCUT2D eigenvalue weighted by atomic mass is 9.95. The number of aromatic nitrogens is 1. The van der Waals surface area contributed by atoms with E-state index >= 15 is 0 Å². The topological polar surface area (TPSA) is 71.7 Å². The smallest absolute Gasteiger partial charge is 0.279 e. The van der Waals surface area contributed by atoms with E-state index < -0.39 is 10.0 Å². The van der Waals surface area contributed by atoms with Crippen molar-refractivity contribution in [2.75, 3.05) is 6.54 Å². The standard InChI is InChI=1S/C25H31N3O3S2/c1-4-18-11-16-22-23(17-18)32-25(27(22)3)26-24(29)19-12-14-21(15-13-19)33(30,31)28(5-2)20-9-7-6-8-10-20/h11-17,20H,4-10H2,1-3H3. The molecule has 1 amide bonds. The molecule has 0 atom stereocenters. The van der Waals surface area contributed by atoms with Crippen LogP contribution in [0.3, 0.4) is 0 Å². The Kier molecular flexibility index (Phi) is 7.16. The first-order chi connectivity index (χ1) is 15.8. The van der Waals surface area contributed by atoms with Gasteiger partial charge in [-0.15, -0.1) is 0 Å². The molecule has 1 aromatic heterocycles. The van der Waals surface area contributed by atoms with Gasteiger partial charge in [0.2, 0.25) is 10.0 Å². The number of hydrogen-bond donors (Lipinski definition) is 0. The van der Waals surface area contributed by atoms with E-state index in [4.69, 9.17) is 0 Å². The van der Waals surface area contributed by atoms with Crippen molar-refractivity contribution < 1.29 is 13.2 Å². The van der Waals surface area contributed by atoms with Crippen molar-refractivity contribution in [2.24, 2.45) is 12.0 Å². The third kappa shape index (κ3) is 4.83. The van der Waals surface area contributed by atoms with E-state index in [2.05, 4.69) is 30.1 Å². The largest absolute Gasteiger partial charge is 0.319 e. The molecule has 0 aliphatic heterocycles. The van der Waals surface area contributed by atoms with E-state index in [-0.39, 0.29) is 16.8 Å². The first-order valence-electron chi connectivity index (χ1n) is 11.6. The Balaban J connectivity index is 1.59. The first kappa shape index (κ1) is 23.9. The Bertz CT molecular complexity index is 1320. The van der Waals surface area contributed by atoms with Crippen LogP contribution in [0.2, 0.25) is 0 Å². The molecule has 0 radical (unpaired) electrons. The van der Waals surface area contributed by atoms with Crippen LogP contribution in [0, 0.1) is 0 Å². The molecule has 3 aromatic rings. The zero-order valence-electron chi connectivity index (χ0n) is 19.5. The summed E-state index contributed by atoms with van der Waals surface area (Å²) in [6.07, 6.45) is 6.09. The number of thiazole rings is 1. The molecule has 176 valence electrons. The summed E-state index contributed by atoms with van der Waals surface area (Å²) in [5.74, 6) is -0.378. The summed E-state index contributed by atoms with van der Waals surface area (Å²) in [5, 5.41) is 0. The third-order valence-electron chi connectivity index (χ3n) is 6.48. The fraction of sp³-hybridized carbons (Fsp3) is 0.440. The number of amides is 1. The van der Waals surface area contributed by atoms with Crippen LogP contribution < -0.4 is 4.80 Å². The maximum atomic E-state index is 13.2. The van der Waals surface area contributed by atoms with Gasteiger partial charge in [0, 0.05) is 25.2 Å². The molecular formula is C25H31N3O3S2. The van der Waals surface area contributed by atoms with Crippen LogP contribution in [-0.2, 0) is 23.5 Å². The minimum absolute atomic E-state index is 0.0613. The Morgan fingerprint density at radius 2 is 1.79 bits per heavy atom. The van der Waals surface area contributed by atoms with Crippen LogP contribution in [0.15, 0.2) is 52.4 Å². The number of carbonyl (C=O) groups is 1. The summed E-state index contributed by atoms with van der Waals surface area (Å²) in [7, 11) is -1.69. The Morgan fingerprint density at radius 3 is 2.42 bits per heavy atom. The normalized spacial score (nSPS) is 16.1. The van der Waals surface area contributed by atoms with Gasteiger partial charge >= 0.3 is 0 Å². The van der Waals surface area contributed by atoms with Crippen LogP contribution in [0.5, 0.6) is 0 Å². The molecule has 0 saturated heterocycles. The van der Waals surface area contributed by atoms with E-state index in [1.807, 2.05) is 18.5 Å². The maximum Gasteiger partial charge on any atom is 0.279 e. The van der Waals surface area contributed by atoms with Crippen LogP contribution in [0.25, 0.3) is 10.2 Å². The molecule has 1 aliphatic carbocycles. The lowest BCUT2D eigenvalue weighted by Crippen LogP contribution is -2.41. The van der Waals surface area contributed by atoms with Crippen LogP contribution >= 0.6 is 11.3 Å². The molecule has 2 aromatic carbocycles. The molecular weight excluding hydrogens is 454 g/mol. The van der Waals surface area contributed by atoms with Gasteiger partial charge < -0.3 is 4.57 Å². The highest BCUT2D eigenvalue weighted by Crippen LogP contribution is 2.28. The quantitative estimate of drug-likeness (QED) is 0.499. The minimum Gasteiger partial charge on any atom is -0.319 e. The van der Waals surface area contributed by atoms with Crippen LogP contribution in [0.4, 0.5) is 0 Å². The average molecular weight is 486 g/mol. The van der Waals surface area contributed by atoms with Crippen molar-refractivity contribution in [2.45, 2.75) is 63.3 Å². The van der Waals surface area contributed by atoms with Gasteiger partial charge in [-0.1, -0.05) is 50.5 Å². The molecule has 8 heteroatoms. The molecule has 1 heterocycles. The highest BCUT2D eigenvalue weighted by molar-refractivity contribution is 7.89. The number of sulfonamides is 1. The zero-order chi connectivity index (χ0) is 23.6. The van der Waals surface area contributed by atoms with Gasteiger partial charge in [0.05, 0.1) is 15.1 Å². The fourth-order valence-electron chi connectivity index (χ4n) is 4.55. The average Bonchev–Trinajstić information content (AvgIpc) is 3.14. The molecule has 0 bridgehead atoms. The maximum absolute atomic E-state index is 13.2. The van der Waals surface area contributed by atoms with E-state index in [0.717, 1.165) is 42.3 Å². The van der Waals surface area contributed by atoms with Gasteiger partial charge in [0.15, 0.2) is 4.80 Å². The predicted molar refractivity (Wildman–Crippen MR) is 133 cm³/mol. The van der Waals surface area contributed by atoms with Gasteiger partial charge in [0.1, 0.15) is 0 Å². The number of hydrogen-bond acceptors (Lipinski definition) is 4. The van der Waals surface area contributed by atoms with E-state index in [9.17, 15) is 13.2 Å². The van der Waals surface area contributed by atoms with Crippen molar-refractivity contribution in [1.29, 1.82) is 0 Å². The molecule has 0 unspecified atom stereocenters. The lowest BCUT2D eigenvalue weighted by molar-refractivity contribution is 0.0998. The van der Waals surface area contributed by atoms with Gasteiger partial charge in [-0.3, -0.25) is 4.79 Å². The third-order valence-corrected chi connectivity index (χ3v) is 9.62. The Hall–Kier alpha value is -2.29. The predicted octanol–water partition coefficient (Wildman–Crippen LogP) is 4.89. The molecule has 0 spiro atoms. The van der Waals surface area contributed by atoms with Gasteiger partial charge in [-0.25, -0.2) is 8.42 Å². The van der Waals surface area contributed by atoms with Crippen molar-refractivity contribution in [3.05, 3.63) is 58.4 Å². The van der Waals surface area contributed by atoms with Crippen molar-refractivity contribution in [3.8, 4) is 0 Å². The summed E-state index contributed by atoms with van der Waals surface area (Å²) >= 11 is 1.48. The first-order valence-corrected chi connectivity index (χ1v) is 13.9. The van der Waals surface area contributed by atoms with Crippen molar-refractivity contribution in [3.63, 3.8) is 0 Å². The highest BCUT2D eigenvalue weighted by Gasteiger charge is 2.31. The zero-order valence-corrected chi connectivity index (χ0v) is 21.1. The Morgan fingerprint density at radius 1 is 1.09 bits per heavy atom. The summed E-state index contributed by atoms with van der Waals surface area (Å²) in [6.45, 7) is 4.45. The Labute approximate surface area is 199 Å². The number of carbonyl (C=O) groups excluding carboxylic acids is 1. The molecule has 33 heavy (non-hydrogen) atoms. The lowest BCUT2D eigenvalue weighted by Gasteiger charge is -2.32. The highest BCUT2D eigenvalue weighted by atomic mass is 32.2. The summed E-state index contributed by atoms with van der Waals surface area (Å²) in [5.41, 5.74) is 2.65. The monoisotopic (exact) mass is 485 g/mol. The second-order valence-electron chi connectivity index (χ2n) is 8.54. The number of benzene rings is 2. The molecule has 4 rings (SSSR count). The fourth-order valence-corrected chi connectivity index (χ4v) is 7.33. The van der Waals surface area contributed by atoms with Crippen molar-refractivity contribution >= 4 is 37.5 Å². The second-order valence-corrected chi connectivity index (χ2v) is 11.4. The van der Waals surface area contributed by atoms with E-state index in [1.54, 1.807) is 16.4 Å². The number of nitrogens with zero attached hydrogens (tertiary/aromatic N) is 3. The summed E-state index contributed by atoms with van der Waals surface area (Å²) in [4.78, 5) is 18.0. The van der Waals surface area contributed by atoms with E-state index in [1.165, 1.54) is 35.5 Å². The van der Waals surface area contributed by atoms with Gasteiger partial charge in [-0.2, -0.15) is 9.30 Å². The van der Waals surface area contributed by atoms with Crippen LogP contribution in [0.1, 0.15) is 61.9 Å². The summed E-state index contributed by atoms with van der Waals surface area (Å²) < 4.78 is 31.1. The molecule has 6 nitrogen and oxygen atoms in total. The number of aryl methyl sites for hydroxylation is 2. The van der Waals surface area contributed by atoms with Crippen LogP contribution in [-0.4, -0.2) is 35.8 Å². The van der Waals surface area contributed by atoms with Gasteiger partial charge in [-0.05, 0) is 61.2 Å². The molecule has 1 fully saturated rings. The molecule has 1 aliphatic rings. The SMILES string of the molecule is CCc1ccc2c(c1)sc(=NC(=O)c1ccc(S(=O)(=O)N(CC)C3CCCCC3)cc1)n2C. The van der Waals surface area contributed by atoms with E-state index in [0.29, 0.717) is 16.9 Å². The van der Waals surface area contributed by atoms with Gasteiger partial charge in [0.25, 0.3) is 5.91 Å². The van der Waals surface area contributed by atoms with Crippen molar-refractivity contribution in [1.82, 2.24) is 8.87 Å². The molecule has 0 N–H and O–H groups in total. The minimum atomic E-state index is -3.59.